The molecule has 1 aromatic rings. The third-order valence-corrected chi connectivity index (χ3v) is 3.34. The zero-order chi connectivity index (χ0) is 24.6. The van der Waals surface area contributed by atoms with Crippen molar-refractivity contribution in [1.82, 2.24) is 16.0 Å². The summed E-state index contributed by atoms with van der Waals surface area (Å²) in [6.07, 6.45) is 6.84. The van der Waals surface area contributed by atoms with Crippen LogP contribution in [0.15, 0.2) is 24.3 Å². The first-order chi connectivity index (χ1) is 15.2. The van der Waals surface area contributed by atoms with Crippen molar-refractivity contribution in [2.45, 2.75) is 60.3 Å². The van der Waals surface area contributed by atoms with E-state index in [1.54, 1.807) is 31.2 Å². The van der Waals surface area contributed by atoms with E-state index in [-0.39, 0.29) is 0 Å². The molecule has 0 aliphatic heterocycles. The lowest BCUT2D eigenvalue weighted by Gasteiger charge is -2.05. The number of nitrogen functional groups attached to an aromatic ring is 1. The van der Waals surface area contributed by atoms with E-state index in [1.165, 1.54) is 25.5 Å². The first kappa shape index (κ1) is 36.6. The molecule has 0 radical (unpaired) electrons. The van der Waals surface area contributed by atoms with Gasteiger partial charge in [0, 0.05) is 11.3 Å². The van der Waals surface area contributed by atoms with Gasteiger partial charge in [0.05, 0.1) is 0 Å². The zero-order valence-corrected chi connectivity index (χ0v) is 21.1. The summed E-state index contributed by atoms with van der Waals surface area (Å²) in [4.78, 5) is 10.1. The minimum absolute atomic E-state index is 0.620. The van der Waals surface area contributed by atoms with E-state index in [9.17, 15) is 4.79 Å². The van der Waals surface area contributed by atoms with Gasteiger partial charge in [-0.1, -0.05) is 39.8 Å². The summed E-state index contributed by atoms with van der Waals surface area (Å²) in [6, 6.07) is 6.84. The first-order valence-electron chi connectivity index (χ1n) is 11.7. The fourth-order valence-corrected chi connectivity index (χ4v) is 2.00. The smallest absolute Gasteiger partial charge is 0.150 e. The van der Waals surface area contributed by atoms with Gasteiger partial charge in [0.1, 0.15) is 6.29 Å². The van der Waals surface area contributed by atoms with Gasteiger partial charge in [0.25, 0.3) is 0 Å². The minimum atomic E-state index is 0.620. The highest BCUT2D eigenvalue weighted by molar-refractivity contribution is 5.76. The Kier molecular flexibility index (Phi) is 45.7. The Morgan fingerprint density at radius 2 is 1.39 bits per heavy atom. The molecule has 0 aromatic heterocycles. The number of unbranched alkanes of at least 4 members (excludes halogenated alkanes) is 1. The summed E-state index contributed by atoms with van der Waals surface area (Å²) in [7, 11) is 1.99. The normalized spacial score (nSPS) is 8.61. The number of aldehydes is 1. The summed E-state index contributed by atoms with van der Waals surface area (Å²) in [6.45, 7) is 16.0. The predicted octanol–water partition coefficient (Wildman–Crippen LogP) is 3.69. The number of benzene rings is 1. The summed E-state index contributed by atoms with van der Waals surface area (Å²) >= 11 is 0. The van der Waals surface area contributed by atoms with Gasteiger partial charge < -0.3 is 32.8 Å². The van der Waals surface area contributed by atoms with Gasteiger partial charge in [-0.2, -0.15) is 0 Å². The van der Waals surface area contributed by atoms with Crippen LogP contribution in [0.5, 0.6) is 0 Å². The molecular weight excluding hydrogens is 388 g/mol. The van der Waals surface area contributed by atoms with Crippen molar-refractivity contribution in [3.63, 3.8) is 0 Å². The molecule has 1 aromatic carbocycles. The minimum Gasteiger partial charge on any atom is -0.399 e. The van der Waals surface area contributed by atoms with Gasteiger partial charge in [-0.3, -0.25) is 4.79 Å². The highest BCUT2D eigenvalue weighted by Crippen LogP contribution is 2.02. The largest absolute Gasteiger partial charge is 0.399 e. The van der Waals surface area contributed by atoms with Gasteiger partial charge in [-0.15, -0.1) is 0 Å². The second-order valence-electron chi connectivity index (χ2n) is 5.88. The SMILES string of the molecule is CC.CC.CC=N.CNCCCNCCCCNCCCN.Nc1cccc(C=O)c1. The van der Waals surface area contributed by atoms with Crippen molar-refractivity contribution < 1.29 is 4.79 Å². The highest BCUT2D eigenvalue weighted by atomic mass is 16.1. The van der Waals surface area contributed by atoms with Crippen LogP contribution < -0.4 is 27.4 Å². The summed E-state index contributed by atoms with van der Waals surface area (Å²) in [5.74, 6) is 0. The van der Waals surface area contributed by atoms with Crippen molar-refractivity contribution in [1.29, 1.82) is 5.41 Å². The number of hydrogen-bond donors (Lipinski definition) is 6. The van der Waals surface area contributed by atoms with Crippen molar-refractivity contribution in [2.24, 2.45) is 5.73 Å². The zero-order valence-electron chi connectivity index (χ0n) is 21.1. The molecular formula is C24H52N6O. The molecule has 184 valence electrons. The van der Waals surface area contributed by atoms with Crippen LogP contribution >= 0.6 is 0 Å². The predicted molar refractivity (Wildman–Crippen MR) is 141 cm³/mol. The van der Waals surface area contributed by atoms with Crippen LogP contribution in [-0.4, -0.2) is 58.8 Å². The van der Waals surface area contributed by atoms with Gasteiger partial charge in [-0.25, -0.2) is 0 Å². The molecule has 0 fully saturated rings. The molecule has 0 atom stereocenters. The molecule has 8 N–H and O–H groups in total. The lowest BCUT2D eigenvalue weighted by Crippen LogP contribution is -2.23. The highest BCUT2D eigenvalue weighted by Gasteiger charge is 1.90. The summed E-state index contributed by atoms with van der Waals surface area (Å²) in [5, 5.41) is 16.0. The molecule has 7 nitrogen and oxygen atoms in total. The molecule has 0 unspecified atom stereocenters. The molecule has 0 heterocycles. The molecule has 0 bridgehead atoms. The van der Waals surface area contributed by atoms with E-state index in [0.717, 1.165) is 52.0 Å². The Bertz CT molecular complexity index is 432. The van der Waals surface area contributed by atoms with Gasteiger partial charge >= 0.3 is 0 Å². The number of nitrogens with one attached hydrogen (secondary N) is 4. The van der Waals surface area contributed by atoms with E-state index in [0.29, 0.717) is 11.3 Å². The van der Waals surface area contributed by atoms with Crippen LogP contribution in [0.2, 0.25) is 0 Å². The fraction of sp³-hybridized carbons (Fsp3) is 0.667. The van der Waals surface area contributed by atoms with Crippen LogP contribution in [0.25, 0.3) is 0 Å². The van der Waals surface area contributed by atoms with Gasteiger partial charge in [0.15, 0.2) is 0 Å². The maximum atomic E-state index is 10.1. The number of carbonyl (C=O) groups excluding carboxylic acids is 1. The van der Waals surface area contributed by atoms with Crippen molar-refractivity contribution in [3.05, 3.63) is 29.8 Å². The third kappa shape index (κ3) is 39.3. The molecule has 7 heteroatoms. The van der Waals surface area contributed by atoms with Crippen molar-refractivity contribution in [2.75, 3.05) is 52.0 Å². The second kappa shape index (κ2) is 38.8. The van der Waals surface area contributed by atoms with E-state index >= 15 is 0 Å². The van der Waals surface area contributed by atoms with Crippen molar-refractivity contribution in [3.8, 4) is 0 Å². The number of rotatable bonds is 13. The summed E-state index contributed by atoms with van der Waals surface area (Å²) in [5.41, 5.74) is 12.0. The summed E-state index contributed by atoms with van der Waals surface area (Å²) < 4.78 is 0. The topological polar surface area (TPSA) is 129 Å². The Hall–Kier alpha value is -1.80. The Labute approximate surface area is 192 Å². The molecule has 31 heavy (non-hydrogen) atoms. The van der Waals surface area contributed by atoms with Crippen LogP contribution in [0.3, 0.4) is 0 Å². The fourth-order valence-electron chi connectivity index (χ4n) is 2.00. The molecule has 0 aliphatic rings. The second-order valence-corrected chi connectivity index (χ2v) is 5.88. The first-order valence-corrected chi connectivity index (χ1v) is 11.7. The molecule has 0 saturated heterocycles. The Morgan fingerprint density at radius 1 is 0.903 bits per heavy atom. The number of nitrogens with two attached hydrogens (primary N) is 2. The molecule has 0 saturated carbocycles. The van der Waals surface area contributed by atoms with E-state index in [4.69, 9.17) is 16.9 Å². The average molecular weight is 441 g/mol. The quantitative estimate of drug-likeness (QED) is 0.120. The van der Waals surface area contributed by atoms with Crippen LogP contribution in [0.1, 0.15) is 70.7 Å². The van der Waals surface area contributed by atoms with E-state index < -0.39 is 0 Å². The van der Waals surface area contributed by atoms with Crippen molar-refractivity contribution >= 4 is 18.2 Å². The van der Waals surface area contributed by atoms with Crippen LogP contribution in [0, 0.1) is 5.41 Å². The van der Waals surface area contributed by atoms with E-state index in [2.05, 4.69) is 16.0 Å². The number of anilines is 1. The maximum Gasteiger partial charge on any atom is 0.150 e. The Morgan fingerprint density at radius 3 is 1.77 bits per heavy atom. The molecule has 0 aliphatic carbocycles. The van der Waals surface area contributed by atoms with E-state index in [1.807, 2.05) is 34.7 Å². The van der Waals surface area contributed by atoms with Crippen LogP contribution in [0.4, 0.5) is 5.69 Å². The standard InChI is InChI=1S/C11H28N4.C7H7NO.C2H5N.2C2H6/c1-13-7-5-11-15-9-3-2-8-14-10-4-6-12;8-7-3-1-2-6(4-7)5-9;1-2-3;2*1-2/h13-15H,2-12H2,1H3;1-5H,8H2;2-3H,1H3;2*1-2H3. The lowest BCUT2D eigenvalue weighted by atomic mass is 10.2. The lowest BCUT2D eigenvalue weighted by molar-refractivity contribution is 0.112. The third-order valence-electron chi connectivity index (χ3n) is 3.34. The molecule has 1 rings (SSSR count). The Balaban J connectivity index is -0.000000192. The number of carbonyl (C=O) groups is 1. The molecule has 0 amide bonds. The molecule has 0 spiro atoms. The van der Waals surface area contributed by atoms with Gasteiger partial charge in [-0.05, 0) is 97.3 Å². The van der Waals surface area contributed by atoms with Gasteiger partial charge in [0.2, 0.25) is 0 Å². The number of hydrogen-bond acceptors (Lipinski definition) is 7. The average Bonchev–Trinajstić information content (AvgIpc) is 2.81. The maximum absolute atomic E-state index is 10.1. The van der Waals surface area contributed by atoms with Crippen LogP contribution in [-0.2, 0) is 0 Å². The monoisotopic (exact) mass is 440 g/mol.